The lowest BCUT2D eigenvalue weighted by molar-refractivity contribution is 0.0190. The zero-order chi connectivity index (χ0) is 9.90. The number of nitrogens with zero attached hydrogens (tertiary/aromatic N) is 1. The van der Waals surface area contributed by atoms with Gasteiger partial charge in [-0.15, -0.1) is 0 Å². The standard InChI is InChI=1S/C9H19NO2S/c1-3-9(2,11)8-10-4-6-13(12)7-5-10/h11H,3-8H2,1-2H3. The van der Waals surface area contributed by atoms with Crippen LogP contribution in [0, 0.1) is 0 Å². The summed E-state index contributed by atoms with van der Waals surface area (Å²) in [6, 6.07) is 0. The third-order valence-corrected chi connectivity index (χ3v) is 3.87. The first-order valence-corrected chi connectivity index (χ1v) is 6.32. The maximum Gasteiger partial charge on any atom is 0.0743 e. The smallest absolute Gasteiger partial charge is 0.0743 e. The van der Waals surface area contributed by atoms with Crippen molar-refractivity contribution in [3.63, 3.8) is 0 Å². The van der Waals surface area contributed by atoms with Crippen LogP contribution < -0.4 is 0 Å². The van der Waals surface area contributed by atoms with E-state index in [9.17, 15) is 9.32 Å². The van der Waals surface area contributed by atoms with E-state index in [0.29, 0.717) is 6.54 Å². The van der Waals surface area contributed by atoms with Crippen molar-refractivity contribution in [3.05, 3.63) is 0 Å². The van der Waals surface area contributed by atoms with Crippen molar-refractivity contribution in [2.45, 2.75) is 25.9 Å². The van der Waals surface area contributed by atoms with Gasteiger partial charge in [0.1, 0.15) is 0 Å². The van der Waals surface area contributed by atoms with Crippen LogP contribution in [0.2, 0.25) is 0 Å². The molecular formula is C9H19NO2S. The van der Waals surface area contributed by atoms with E-state index in [1.165, 1.54) is 0 Å². The number of aliphatic hydroxyl groups is 1. The van der Waals surface area contributed by atoms with E-state index in [2.05, 4.69) is 4.90 Å². The van der Waals surface area contributed by atoms with Gasteiger partial charge in [0.25, 0.3) is 0 Å². The highest BCUT2D eigenvalue weighted by Gasteiger charge is 2.24. The summed E-state index contributed by atoms with van der Waals surface area (Å²) >= 11 is 0. The highest BCUT2D eigenvalue weighted by molar-refractivity contribution is 7.85. The molecule has 1 unspecified atom stereocenters. The van der Waals surface area contributed by atoms with Crippen LogP contribution in [-0.4, -0.2) is 51.0 Å². The fraction of sp³-hybridized carbons (Fsp3) is 1.00. The lowest BCUT2D eigenvalue weighted by atomic mass is 10.0. The summed E-state index contributed by atoms with van der Waals surface area (Å²) in [5.41, 5.74) is -0.584. The van der Waals surface area contributed by atoms with Gasteiger partial charge in [0, 0.05) is 41.9 Å². The van der Waals surface area contributed by atoms with Crippen molar-refractivity contribution in [2.75, 3.05) is 31.1 Å². The van der Waals surface area contributed by atoms with Gasteiger partial charge in [-0.25, -0.2) is 0 Å². The highest BCUT2D eigenvalue weighted by Crippen LogP contribution is 2.12. The molecule has 0 aromatic carbocycles. The molecule has 0 saturated carbocycles. The first kappa shape index (κ1) is 11.1. The predicted octanol–water partition coefficient (Wildman–Crippen LogP) is 0.212. The molecule has 1 heterocycles. The minimum Gasteiger partial charge on any atom is -0.389 e. The molecule has 0 radical (unpaired) electrons. The SMILES string of the molecule is CCC(C)(O)CN1CCS(=O)CC1. The minimum atomic E-state index is -0.615. The third kappa shape index (κ3) is 3.75. The summed E-state index contributed by atoms with van der Waals surface area (Å²) in [7, 11) is -0.615. The molecule has 0 amide bonds. The van der Waals surface area contributed by atoms with Crippen LogP contribution in [-0.2, 0) is 10.8 Å². The van der Waals surface area contributed by atoms with Gasteiger partial charge in [-0.05, 0) is 13.3 Å². The summed E-state index contributed by atoms with van der Waals surface area (Å²) in [5, 5.41) is 9.82. The quantitative estimate of drug-likeness (QED) is 0.716. The van der Waals surface area contributed by atoms with E-state index in [1.807, 2.05) is 13.8 Å². The van der Waals surface area contributed by atoms with Crippen LogP contribution in [0.25, 0.3) is 0 Å². The van der Waals surface area contributed by atoms with Gasteiger partial charge in [-0.2, -0.15) is 0 Å². The lowest BCUT2D eigenvalue weighted by Crippen LogP contribution is -2.46. The molecule has 1 N–H and O–H groups in total. The predicted molar refractivity (Wildman–Crippen MR) is 55.2 cm³/mol. The monoisotopic (exact) mass is 205 g/mol. The molecule has 1 rings (SSSR count). The molecular weight excluding hydrogens is 186 g/mol. The van der Waals surface area contributed by atoms with Gasteiger partial charge in [0.05, 0.1) is 5.60 Å². The fourth-order valence-electron chi connectivity index (χ4n) is 1.43. The van der Waals surface area contributed by atoms with E-state index in [4.69, 9.17) is 0 Å². The van der Waals surface area contributed by atoms with E-state index in [0.717, 1.165) is 31.0 Å². The summed E-state index contributed by atoms with van der Waals surface area (Å²) in [5.74, 6) is 1.53. The van der Waals surface area contributed by atoms with Crippen molar-refractivity contribution >= 4 is 10.8 Å². The molecule has 1 fully saturated rings. The van der Waals surface area contributed by atoms with Gasteiger partial charge >= 0.3 is 0 Å². The van der Waals surface area contributed by atoms with Crippen molar-refractivity contribution in [2.24, 2.45) is 0 Å². The van der Waals surface area contributed by atoms with Crippen LogP contribution in [0.3, 0.4) is 0 Å². The number of hydrogen-bond donors (Lipinski definition) is 1. The Kier molecular flexibility index (Phi) is 3.88. The first-order chi connectivity index (χ1) is 6.03. The van der Waals surface area contributed by atoms with E-state index >= 15 is 0 Å². The second-order valence-electron chi connectivity index (χ2n) is 3.97. The zero-order valence-corrected chi connectivity index (χ0v) is 9.27. The zero-order valence-electron chi connectivity index (χ0n) is 8.45. The minimum absolute atomic E-state index is 0.584. The molecule has 78 valence electrons. The van der Waals surface area contributed by atoms with Gasteiger partial charge < -0.3 is 5.11 Å². The summed E-state index contributed by atoms with van der Waals surface area (Å²) in [6.45, 7) is 6.28. The molecule has 0 spiro atoms. The number of rotatable bonds is 3. The Bertz CT molecular complexity index is 184. The molecule has 4 heteroatoms. The second kappa shape index (κ2) is 4.53. The molecule has 0 aromatic heterocycles. The molecule has 0 aromatic rings. The fourth-order valence-corrected chi connectivity index (χ4v) is 2.56. The Balaban J connectivity index is 2.34. The van der Waals surface area contributed by atoms with Crippen LogP contribution in [0.4, 0.5) is 0 Å². The third-order valence-electron chi connectivity index (χ3n) is 2.60. The maximum absolute atomic E-state index is 11.1. The van der Waals surface area contributed by atoms with Gasteiger partial charge in [0.15, 0.2) is 0 Å². The molecule has 0 aliphatic carbocycles. The highest BCUT2D eigenvalue weighted by atomic mass is 32.2. The largest absolute Gasteiger partial charge is 0.389 e. The van der Waals surface area contributed by atoms with Gasteiger partial charge in [-0.1, -0.05) is 6.92 Å². The Morgan fingerprint density at radius 2 is 2.00 bits per heavy atom. The second-order valence-corrected chi connectivity index (χ2v) is 5.67. The van der Waals surface area contributed by atoms with E-state index in [-0.39, 0.29) is 0 Å². The normalized spacial score (nSPS) is 25.8. The maximum atomic E-state index is 11.1. The summed E-state index contributed by atoms with van der Waals surface area (Å²) in [6.07, 6.45) is 0.770. The Hall–Kier alpha value is 0.0700. The van der Waals surface area contributed by atoms with Crippen molar-refractivity contribution < 1.29 is 9.32 Å². The van der Waals surface area contributed by atoms with Crippen LogP contribution in [0.5, 0.6) is 0 Å². The molecule has 0 bridgehead atoms. The number of hydrogen-bond acceptors (Lipinski definition) is 3. The Labute approximate surface area is 82.6 Å². The van der Waals surface area contributed by atoms with Crippen molar-refractivity contribution in [3.8, 4) is 0 Å². The van der Waals surface area contributed by atoms with Gasteiger partial charge in [0.2, 0.25) is 0 Å². The topological polar surface area (TPSA) is 40.5 Å². The molecule has 13 heavy (non-hydrogen) atoms. The van der Waals surface area contributed by atoms with Crippen LogP contribution in [0.15, 0.2) is 0 Å². The molecule has 3 nitrogen and oxygen atoms in total. The number of β-amino-alcohol motifs (C(OH)–C–C–N with tert-alkyl or cyclic N) is 1. The average molecular weight is 205 g/mol. The molecule has 1 atom stereocenters. The Morgan fingerprint density at radius 3 is 2.46 bits per heavy atom. The van der Waals surface area contributed by atoms with Crippen LogP contribution >= 0.6 is 0 Å². The molecule has 1 aliphatic rings. The average Bonchev–Trinajstić information content (AvgIpc) is 2.09. The van der Waals surface area contributed by atoms with E-state index in [1.54, 1.807) is 0 Å². The van der Waals surface area contributed by atoms with E-state index < -0.39 is 16.4 Å². The lowest BCUT2D eigenvalue weighted by Gasteiger charge is -2.32. The molecule has 1 aliphatic heterocycles. The summed E-state index contributed by atoms with van der Waals surface area (Å²) in [4.78, 5) is 2.20. The van der Waals surface area contributed by atoms with Gasteiger partial charge in [-0.3, -0.25) is 9.11 Å². The molecule has 1 saturated heterocycles. The Morgan fingerprint density at radius 1 is 1.46 bits per heavy atom. The van der Waals surface area contributed by atoms with Crippen molar-refractivity contribution in [1.82, 2.24) is 4.90 Å². The van der Waals surface area contributed by atoms with Crippen molar-refractivity contribution in [1.29, 1.82) is 0 Å². The first-order valence-electron chi connectivity index (χ1n) is 4.83. The summed E-state index contributed by atoms with van der Waals surface area (Å²) < 4.78 is 11.1. The van der Waals surface area contributed by atoms with Crippen LogP contribution in [0.1, 0.15) is 20.3 Å².